The molecule has 0 unspecified atom stereocenters. The average molecular weight is 287 g/mol. The van der Waals surface area contributed by atoms with Crippen LogP contribution in [0.3, 0.4) is 0 Å². The minimum Gasteiger partial charge on any atom is -0.438 e. The van der Waals surface area contributed by atoms with E-state index in [0.29, 0.717) is 17.7 Å². The van der Waals surface area contributed by atoms with Crippen LogP contribution < -0.4 is 10.5 Å². The zero-order chi connectivity index (χ0) is 15.2. The molecule has 0 aliphatic heterocycles. The third kappa shape index (κ3) is 3.49. The van der Waals surface area contributed by atoms with E-state index in [2.05, 4.69) is 10.1 Å². The first-order valence-electron chi connectivity index (χ1n) is 6.47. The number of aromatic nitrogens is 1. The maximum absolute atomic E-state index is 8.89. The van der Waals surface area contributed by atoms with Crippen LogP contribution in [0.4, 0.5) is 0 Å². The van der Waals surface area contributed by atoms with Crippen LogP contribution >= 0.6 is 0 Å². The molecule has 1 heterocycles. The number of aryl methyl sites for hydroxylation is 1. The van der Waals surface area contributed by atoms with Crippen LogP contribution in [0.1, 0.15) is 16.7 Å². The number of rotatable bonds is 5. The standard InChI is InChI=1S/C15H17N3O3/c1-10-6-8-17-15(13(10)14(16)18-20)21-12-4-2-11(3-5-12)7-9-19/h2-6,8,19-20H,7,9H2,1H3,(H2,16,18). The van der Waals surface area contributed by atoms with Crippen molar-refractivity contribution < 1.29 is 15.1 Å². The normalized spacial score (nSPS) is 11.4. The van der Waals surface area contributed by atoms with Crippen molar-refractivity contribution in [2.45, 2.75) is 13.3 Å². The van der Waals surface area contributed by atoms with Crippen molar-refractivity contribution in [2.24, 2.45) is 10.9 Å². The predicted octanol–water partition coefficient (Wildman–Crippen LogP) is 1.81. The van der Waals surface area contributed by atoms with Crippen molar-refractivity contribution in [1.82, 2.24) is 4.98 Å². The summed E-state index contributed by atoms with van der Waals surface area (Å²) in [5, 5.41) is 20.7. The number of nitrogens with zero attached hydrogens (tertiary/aromatic N) is 2. The maximum atomic E-state index is 8.89. The summed E-state index contributed by atoms with van der Waals surface area (Å²) < 4.78 is 5.70. The molecule has 0 saturated carbocycles. The quantitative estimate of drug-likeness (QED) is 0.337. The molecular weight excluding hydrogens is 270 g/mol. The first-order valence-corrected chi connectivity index (χ1v) is 6.47. The van der Waals surface area contributed by atoms with E-state index in [1.807, 2.05) is 19.1 Å². The molecule has 0 saturated heterocycles. The van der Waals surface area contributed by atoms with E-state index in [1.54, 1.807) is 24.4 Å². The molecule has 0 spiro atoms. The van der Waals surface area contributed by atoms with Crippen LogP contribution in [0, 0.1) is 6.92 Å². The summed E-state index contributed by atoms with van der Waals surface area (Å²) in [4.78, 5) is 4.13. The van der Waals surface area contributed by atoms with Crippen molar-refractivity contribution >= 4 is 5.84 Å². The summed E-state index contributed by atoms with van der Waals surface area (Å²) in [5.41, 5.74) is 7.93. The molecule has 110 valence electrons. The number of hydrogen-bond acceptors (Lipinski definition) is 5. The topological polar surface area (TPSA) is 101 Å². The number of nitrogens with two attached hydrogens (primary N) is 1. The van der Waals surface area contributed by atoms with Crippen LogP contribution in [0.25, 0.3) is 0 Å². The third-order valence-corrected chi connectivity index (χ3v) is 3.03. The minimum atomic E-state index is -0.0486. The smallest absolute Gasteiger partial charge is 0.230 e. The summed E-state index contributed by atoms with van der Waals surface area (Å²) in [6.07, 6.45) is 2.19. The van der Waals surface area contributed by atoms with Gasteiger partial charge in [-0.25, -0.2) is 4.98 Å². The van der Waals surface area contributed by atoms with E-state index in [1.165, 1.54) is 0 Å². The van der Waals surface area contributed by atoms with Gasteiger partial charge in [0.15, 0.2) is 5.84 Å². The van der Waals surface area contributed by atoms with Gasteiger partial charge in [-0.15, -0.1) is 0 Å². The number of aliphatic hydroxyl groups is 1. The summed E-state index contributed by atoms with van der Waals surface area (Å²) in [6.45, 7) is 1.93. The molecule has 4 N–H and O–H groups in total. The second-order valence-electron chi connectivity index (χ2n) is 4.51. The number of amidine groups is 1. The van der Waals surface area contributed by atoms with Gasteiger partial charge >= 0.3 is 0 Å². The monoisotopic (exact) mass is 287 g/mol. The van der Waals surface area contributed by atoms with Crippen LogP contribution in [0.5, 0.6) is 11.6 Å². The van der Waals surface area contributed by atoms with Gasteiger partial charge in [-0.3, -0.25) is 0 Å². The van der Waals surface area contributed by atoms with E-state index < -0.39 is 0 Å². The highest BCUT2D eigenvalue weighted by Gasteiger charge is 2.13. The zero-order valence-corrected chi connectivity index (χ0v) is 11.7. The summed E-state index contributed by atoms with van der Waals surface area (Å²) in [7, 11) is 0. The van der Waals surface area contributed by atoms with Crippen LogP contribution in [0.2, 0.25) is 0 Å². The number of aliphatic hydroxyl groups excluding tert-OH is 1. The fourth-order valence-electron chi connectivity index (χ4n) is 1.94. The lowest BCUT2D eigenvalue weighted by Crippen LogP contribution is -2.16. The highest BCUT2D eigenvalue weighted by atomic mass is 16.5. The Morgan fingerprint density at radius 3 is 2.62 bits per heavy atom. The van der Waals surface area contributed by atoms with Crippen LogP contribution in [-0.4, -0.2) is 27.7 Å². The SMILES string of the molecule is Cc1ccnc(Oc2ccc(CCO)cc2)c1/C(N)=N/O. The lowest BCUT2D eigenvalue weighted by Gasteiger charge is -2.11. The Labute approximate surface area is 122 Å². The lowest BCUT2D eigenvalue weighted by molar-refractivity contribution is 0.299. The first kappa shape index (κ1) is 14.8. The van der Waals surface area contributed by atoms with Crippen LogP contribution in [0.15, 0.2) is 41.7 Å². The number of benzene rings is 1. The predicted molar refractivity (Wildman–Crippen MR) is 78.8 cm³/mol. The molecule has 1 aromatic heterocycles. The lowest BCUT2D eigenvalue weighted by atomic mass is 10.1. The molecule has 0 amide bonds. The molecule has 0 aliphatic carbocycles. The van der Waals surface area contributed by atoms with Gasteiger partial charge in [-0.05, 0) is 42.7 Å². The van der Waals surface area contributed by atoms with Gasteiger partial charge in [-0.1, -0.05) is 17.3 Å². The van der Waals surface area contributed by atoms with E-state index in [-0.39, 0.29) is 18.3 Å². The Morgan fingerprint density at radius 2 is 2.00 bits per heavy atom. The van der Waals surface area contributed by atoms with Crippen molar-refractivity contribution in [1.29, 1.82) is 0 Å². The van der Waals surface area contributed by atoms with Gasteiger partial charge in [0.05, 0.1) is 5.56 Å². The van der Waals surface area contributed by atoms with Crippen molar-refractivity contribution in [3.8, 4) is 11.6 Å². The third-order valence-electron chi connectivity index (χ3n) is 3.03. The van der Waals surface area contributed by atoms with E-state index >= 15 is 0 Å². The largest absolute Gasteiger partial charge is 0.438 e. The summed E-state index contributed by atoms with van der Waals surface area (Å²) in [6, 6.07) is 9.05. The van der Waals surface area contributed by atoms with E-state index in [9.17, 15) is 0 Å². The molecule has 1 aromatic carbocycles. The van der Waals surface area contributed by atoms with Gasteiger partial charge < -0.3 is 20.8 Å². The Morgan fingerprint density at radius 1 is 1.29 bits per heavy atom. The number of oxime groups is 1. The highest BCUT2D eigenvalue weighted by Crippen LogP contribution is 2.25. The molecule has 6 heteroatoms. The van der Waals surface area contributed by atoms with Gasteiger partial charge in [0.25, 0.3) is 0 Å². The summed E-state index contributed by atoms with van der Waals surface area (Å²) >= 11 is 0. The molecule has 21 heavy (non-hydrogen) atoms. The second-order valence-corrected chi connectivity index (χ2v) is 4.51. The molecule has 0 bridgehead atoms. The van der Waals surface area contributed by atoms with E-state index in [0.717, 1.165) is 11.1 Å². The molecule has 6 nitrogen and oxygen atoms in total. The van der Waals surface area contributed by atoms with Crippen molar-refractivity contribution in [3.63, 3.8) is 0 Å². The summed E-state index contributed by atoms with van der Waals surface area (Å²) in [5.74, 6) is 0.814. The molecule has 2 aromatic rings. The van der Waals surface area contributed by atoms with E-state index in [4.69, 9.17) is 20.8 Å². The van der Waals surface area contributed by atoms with Gasteiger partial charge in [0.1, 0.15) is 5.75 Å². The Hall–Kier alpha value is -2.60. The Bertz CT molecular complexity index is 639. The van der Waals surface area contributed by atoms with Gasteiger partial charge in [0, 0.05) is 12.8 Å². The van der Waals surface area contributed by atoms with Gasteiger partial charge in [0.2, 0.25) is 5.88 Å². The molecule has 2 rings (SSSR count). The van der Waals surface area contributed by atoms with Gasteiger partial charge in [-0.2, -0.15) is 0 Å². The number of hydrogen-bond donors (Lipinski definition) is 3. The Kier molecular flexibility index (Phi) is 4.73. The fraction of sp³-hybridized carbons (Fsp3) is 0.200. The second kappa shape index (κ2) is 6.71. The molecule has 0 atom stereocenters. The molecule has 0 fully saturated rings. The van der Waals surface area contributed by atoms with Crippen molar-refractivity contribution in [2.75, 3.05) is 6.61 Å². The molecule has 0 radical (unpaired) electrons. The van der Waals surface area contributed by atoms with Crippen molar-refractivity contribution in [3.05, 3.63) is 53.2 Å². The molecular formula is C15H17N3O3. The van der Waals surface area contributed by atoms with Crippen LogP contribution in [-0.2, 0) is 6.42 Å². The molecule has 0 aliphatic rings. The zero-order valence-electron chi connectivity index (χ0n) is 11.7. The fourth-order valence-corrected chi connectivity index (χ4v) is 1.94. The minimum absolute atomic E-state index is 0.0486. The highest BCUT2D eigenvalue weighted by molar-refractivity contribution is 6.00. The first-order chi connectivity index (χ1) is 10.2. The number of pyridine rings is 1. The number of ether oxygens (including phenoxy) is 1. The Balaban J connectivity index is 2.29. The maximum Gasteiger partial charge on any atom is 0.230 e. The average Bonchev–Trinajstić information content (AvgIpc) is 2.49.